The molecule has 0 saturated heterocycles. The van der Waals surface area contributed by atoms with Crippen LogP contribution in [0.3, 0.4) is 0 Å². The number of imidazole rings is 1. The maximum absolute atomic E-state index is 11.5. The van der Waals surface area contributed by atoms with Crippen LogP contribution in [0.1, 0.15) is 19.4 Å². The van der Waals surface area contributed by atoms with Crippen molar-refractivity contribution in [2.24, 2.45) is 0 Å². The number of carboxylic acids is 1. The minimum atomic E-state index is -0.966. The van der Waals surface area contributed by atoms with Crippen LogP contribution in [0.25, 0.3) is 16.8 Å². The summed E-state index contributed by atoms with van der Waals surface area (Å²) in [5.41, 5.74) is 3.18. The van der Waals surface area contributed by atoms with E-state index in [1.54, 1.807) is 32.2 Å². The molecule has 0 aliphatic carbocycles. The third-order valence-electron chi connectivity index (χ3n) is 3.70. The Bertz CT molecular complexity index is 953. The fraction of sp³-hybridized carbons (Fsp3) is 0.167. The normalized spacial score (nSPS) is 11.4. The van der Waals surface area contributed by atoms with Crippen LogP contribution in [0.15, 0.2) is 53.8 Å². The number of nitrogens with zero attached hydrogens (tertiary/aromatic N) is 3. The number of carbonyl (C=O) groups is 1. The molecule has 0 radical (unpaired) electrons. The van der Waals surface area contributed by atoms with Gasteiger partial charge in [0, 0.05) is 29.0 Å². The zero-order valence-corrected chi connectivity index (χ0v) is 14.0. The van der Waals surface area contributed by atoms with E-state index in [1.807, 2.05) is 35.0 Å². The summed E-state index contributed by atoms with van der Waals surface area (Å²) in [6, 6.07) is 11.2. The van der Waals surface area contributed by atoms with E-state index in [9.17, 15) is 9.90 Å². The molecule has 0 spiro atoms. The van der Waals surface area contributed by atoms with E-state index in [2.05, 4.69) is 11.1 Å². The van der Waals surface area contributed by atoms with Crippen molar-refractivity contribution in [1.29, 1.82) is 5.26 Å². The van der Waals surface area contributed by atoms with Gasteiger partial charge < -0.3 is 9.51 Å². The molecule has 0 bridgehead atoms. The van der Waals surface area contributed by atoms with Gasteiger partial charge in [0.1, 0.15) is 10.4 Å². The molecule has 2 aromatic heterocycles. The van der Waals surface area contributed by atoms with Crippen molar-refractivity contribution in [2.45, 2.75) is 23.5 Å². The number of hydrogen-bond acceptors (Lipinski definition) is 4. The zero-order valence-electron chi connectivity index (χ0n) is 13.2. The van der Waals surface area contributed by atoms with E-state index in [1.165, 1.54) is 11.8 Å². The fourth-order valence-electron chi connectivity index (χ4n) is 2.29. The van der Waals surface area contributed by atoms with Gasteiger partial charge in [-0.2, -0.15) is 5.26 Å². The second kappa shape index (κ2) is 6.02. The second-order valence-electron chi connectivity index (χ2n) is 5.85. The van der Waals surface area contributed by atoms with E-state index >= 15 is 0 Å². The predicted octanol–water partition coefficient (Wildman–Crippen LogP) is 3.83. The molecule has 0 aliphatic rings. The monoisotopic (exact) mass is 337 g/mol. The highest BCUT2D eigenvalue weighted by Gasteiger charge is 2.30. The first-order valence-electron chi connectivity index (χ1n) is 7.30. The number of thioether (sulfide) groups is 1. The summed E-state index contributed by atoms with van der Waals surface area (Å²) < 4.78 is 0.928. The smallest absolute Gasteiger partial charge is 0.319 e. The van der Waals surface area contributed by atoms with Crippen molar-refractivity contribution in [3.63, 3.8) is 0 Å². The Hall–Kier alpha value is -2.78. The number of aromatic nitrogens is 2. The molecule has 3 rings (SSSR count). The molecule has 0 amide bonds. The van der Waals surface area contributed by atoms with Crippen LogP contribution in [0.2, 0.25) is 0 Å². The predicted molar refractivity (Wildman–Crippen MR) is 92.9 cm³/mol. The lowest BCUT2D eigenvalue weighted by atomic mass is 10.1. The minimum Gasteiger partial charge on any atom is -0.480 e. The van der Waals surface area contributed by atoms with Crippen LogP contribution in [0, 0.1) is 11.3 Å². The summed E-state index contributed by atoms with van der Waals surface area (Å²) in [5.74, 6) is -0.874. The maximum Gasteiger partial charge on any atom is 0.319 e. The number of carboxylic acid groups (broad SMARTS) is 1. The summed E-state index contributed by atoms with van der Waals surface area (Å²) in [7, 11) is 0. The third kappa shape index (κ3) is 2.99. The van der Waals surface area contributed by atoms with Gasteiger partial charge >= 0.3 is 5.97 Å². The molecule has 5 nitrogen and oxygen atoms in total. The fourth-order valence-corrected chi connectivity index (χ4v) is 3.37. The average Bonchev–Trinajstić information content (AvgIpc) is 3.01. The van der Waals surface area contributed by atoms with E-state index in [0.29, 0.717) is 5.56 Å². The van der Waals surface area contributed by atoms with Crippen molar-refractivity contribution in [3.05, 3.63) is 54.5 Å². The van der Waals surface area contributed by atoms with Crippen molar-refractivity contribution in [1.82, 2.24) is 9.38 Å². The average molecular weight is 337 g/mol. The van der Waals surface area contributed by atoms with Gasteiger partial charge in [-0.05, 0) is 37.6 Å². The lowest BCUT2D eigenvalue weighted by Crippen LogP contribution is -2.27. The number of pyridine rings is 1. The first-order chi connectivity index (χ1) is 11.4. The number of fused-ring (bicyclic) bond motifs is 1. The third-order valence-corrected chi connectivity index (χ3v) is 4.94. The highest BCUT2D eigenvalue weighted by atomic mass is 32.2. The number of hydrogen-bond donors (Lipinski definition) is 1. The minimum absolute atomic E-state index is 0.586. The van der Waals surface area contributed by atoms with E-state index in [-0.39, 0.29) is 0 Å². The van der Waals surface area contributed by atoms with Gasteiger partial charge in [0.25, 0.3) is 0 Å². The summed E-state index contributed by atoms with van der Waals surface area (Å²) >= 11 is 1.29. The molecule has 120 valence electrons. The van der Waals surface area contributed by atoms with E-state index < -0.39 is 10.7 Å². The highest BCUT2D eigenvalue weighted by Crippen LogP contribution is 2.39. The Labute approximate surface area is 143 Å². The number of rotatable bonds is 4. The number of benzene rings is 1. The standard InChI is InChI=1S/C18H15N3O2S/c1-18(2,17(22)23)24-15-9-16-20-7-8-21(16)11-14(15)13-5-3-12(10-19)4-6-13/h3-9,11H,1-2H3,(H,22,23). The molecule has 1 aromatic carbocycles. The first-order valence-corrected chi connectivity index (χ1v) is 8.12. The number of nitriles is 1. The van der Waals surface area contributed by atoms with Gasteiger partial charge in [-0.1, -0.05) is 12.1 Å². The SMILES string of the molecule is CC(C)(Sc1cc2nccn2cc1-c1ccc(C#N)cc1)C(=O)O. The van der Waals surface area contributed by atoms with Crippen LogP contribution in [0.5, 0.6) is 0 Å². The lowest BCUT2D eigenvalue weighted by Gasteiger charge is -2.20. The maximum atomic E-state index is 11.5. The van der Waals surface area contributed by atoms with Gasteiger partial charge in [0.15, 0.2) is 0 Å². The lowest BCUT2D eigenvalue weighted by molar-refractivity contribution is -0.138. The quantitative estimate of drug-likeness (QED) is 0.732. The van der Waals surface area contributed by atoms with Crippen molar-refractivity contribution < 1.29 is 9.90 Å². The van der Waals surface area contributed by atoms with Gasteiger partial charge in [-0.25, -0.2) is 4.98 Å². The Morgan fingerprint density at radius 1 is 1.33 bits per heavy atom. The molecule has 0 saturated carbocycles. The van der Waals surface area contributed by atoms with Gasteiger partial charge in [0.05, 0.1) is 11.6 Å². The summed E-state index contributed by atoms with van der Waals surface area (Å²) in [4.78, 5) is 16.6. The van der Waals surface area contributed by atoms with Crippen LogP contribution in [0.4, 0.5) is 0 Å². The van der Waals surface area contributed by atoms with Crippen LogP contribution >= 0.6 is 11.8 Å². The molecular formula is C18H15N3O2S. The summed E-state index contributed by atoms with van der Waals surface area (Å²) in [6.45, 7) is 3.36. The molecule has 3 aromatic rings. The van der Waals surface area contributed by atoms with Crippen molar-refractivity contribution >= 4 is 23.4 Å². The highest BCUT2D eigenvalue weighted by molar-refractivity contribution is 8.01. The van der Waals surface area contributed by atoms with Gasteiger partial charge in [-0.15, -0.1) is 11.8 Å². The molecule has 0 atom stereocenters. The molecule has 6 heteroatoms. The van der Waals surface area contributed by atoms with Crippen LogP contribution < -0.4 is 0 Å². The Morgan fingerprint density at radius 2 is 2.04 bits per heavy atom. The van der Waals surface area contributed by atoms with Crippen molar-refractivity contribution in [2.75, 3.05) is 0 Å². The van der Waals surface area contributed by atoms with Crippen LogP contribution in [-0.2, 0) is 4.79 Å². The van der Waals surface area contributed by atoms with E-state index in [4.69, 9.17) is 5.26 Å². The van der Waals surface area contributed by atoms with Crippen LogP contribution in [-0.4, -0.2) is 25.2 Å². The van der Waals surface area contributed by atoms with Crippen molar-refractivity contribution in [3.8, 4) is 17.2 Å². The summed E-state index contributed by atoms with van der Waals surface area (Å²) in [6.07, 6.45) is 5.48. The number of aliphatic carboxylic acids is 1. The Morgan fingerprint density at radius 3 is 2.67 bits per heavy atom. The summed E-state index contributed by atoms with van der Waals surface area (Å²) in [5, 5.41) is 18.4. The Kier molecular flexibility index (Phi) is 4.04. The van der Waals surface area contributed by atoms with E-state index in [0.717, 1.165) is 21.7 Å². The molecule has 24 heavy (non-hydrogen) atoms. The molecule has 0 aliphatic heterocycles. The first kappa shape index (κ1) is 16.1. The molecule has 0 unspecified atom stereocenters. The molecule has 2 heterocycles. The molecular weight excluding hydrogens is 322 g/mol. The molecule has 1 N–H and O–H groups in total. The topological polar surface area (TPSA) is 78.4 Å². The van der Waals surface area contributed by atoms with Gasteiger partial charge in [0.2, 0.25) is 0 Å². The largest absolute Gasteiger partial charge is 0.480 e. The van der Waals surface area contributed by atoms with Gasteiger partial charge in [-0.3, -0.25) is 4.79 Å². The zero-order chi connectivity index (χ0) is 17.3. The second-order valence-corrected chi connectivity index (χ2v) is 7.52. The Balaban J connectivity index is 2.15. The molecule has 0 fully saturated rings.